The number of anilines is 1. The molecule has 0 radical (unpaired) electrons. The van der Waals surface area contributed by atoms with Crippen LogP contribution in [0.4, 0.5) is 5.69 Å². The summed E-state index contributed by atoms with van der Waals surface area (Å²) in [5.74, 6) is 2.07. The van der Waals surface area contributed by atoms with E-state index in [1.807, 2.05) is 71.6 Å². The molecule has 5 nitrogen and oxygen atoms in total. The zero-order chi connectivity index (χ0) is 23.6. The molecule has 5 aromatic rings. The highest BCUT2D eigenvalue weighted by atomic mass is 16.5. The normalized spacial score (nSPS) is 15.8. The van der Waals surface area contributed by atoms with Crippen molar-refractivity contribution in [3.05, 3.63) is 103 Å². The molecular formula is C30H27N3O2. The van der Waals surface area contributed by atoms with Crippen molar-refractivity contribution in [2.75, 3.05) is 18.1 Å². The minimum atomic E-state index is 0.0453. The molecule has 0 aliphatic carbocycles. The Balaban J connectivity index is 1.26. The predicted octanol–water partition coefficient (Wildman–Crippen LogP) is 6.18. The van der Waals surface area contributed by atoms with E-state index in [4.69, 9.17) is 9.72 Å². The largest absolute Gasteiger partial charge is 0.494 e. The van der Waals surface area contributed by atoms with Gasteiger partial charge in [-0.25, -0.2) is 4.98 Å². The number of carbonyl (C=O) groups is 1. The highest BCUT2D eigenvalue weighted by Crippen LogP contribution is 2.36. The first kappa shape index (κ1) is 21.4. The van der Waals surface area contributed by atoms with Gasteiger partial charge in [0, 0.05) is 30.8 Å². The molecule has 174 valence electrons. The number of imidazole rings is 1. The average Bonchev–Trinajstić information content (AvgIpc) is 3.47. The summed E-state index contributed by atoms with van der Waals surface area (Å²) in [6.45, 7) is 2.06. The van der Waals surface area contributed by atoms with Crippen molar-refractivity contribution >= 4 is 33.4 Å². The summed E-state index contributed by atoms with van der Waals surface area (Å²) in [7, 11) is 0. The number of carbonyl (C=O) groups excluding carboxylic acids is 1. The Morgan fingerprint density at radius 3 is 2.54 bits per heavy atom. The number of aromatic nitrogens is 2. The summed E-state index contributed by atoms with van der Waals surface area (Å²) in [5.41, 5.74) is 3.07. The van der Waals surface area contributed by atoms with Crippen LogP contribution < -0.4 is 9.64 Å². The second-order valence-corrected chi connectivity index (χ2v) is 9.03. The van der Waals surface area contributed by atoms with Gasteiger partial charge in [0.25, 0.3) is 0 Å². The van der Waals surface area contributed by atoms with Crippen molar-refractivity contribution in [3.8, 4) is 5.75 Å². The van der Waals surface area contributed by atoms with Gasteiger partial charge in [0.15, 0.2) is 0 Å². The summed E-state index contributed by atoms with van der Waals surface area (Å²) in [4.78, 5) is 20.2. The number of fused-ring (bicyclic) bond motifs is 2. The van der Waals surface area contributed by atoms with E-state index >= 15 is 0 Å². The summed E-state index contributed by atoms with van der Waals surface area (Å²) in [6.07, 6.45) is 1.32. The Hall–Kier alpha value is -4.12. The number of nitrogens with zero attached hydrogens (tertiary/aromatic N) is 3. The van der Waals surface area contributed by atoms with Crippen LogP contribution in [0.15, 0.2) is 97.1 Å². The molecule has 1 aromatic heterocycles. The molecule has 1 fully saturated rings. The van der Waals surface area contributed by atoms with Crippen LogP contribution in [-0.4, -0.2) is 28.6 Å². The third kappa shape index (κ3) is 4.14. The second kappa shape index (κ2) is 9.26. The van der Waals surface area contributed by atoms with Crippen LogP contribution in [-0.2, 0) is 11.3 Å². The molecule has 0 saturated carbocycles. The van der Waals surface area contributed by atoms with Crippen LogP contribution in [0.25, 0.3) is 21.8 Å². The molecule has 1 aliphatic rings. The van der Waals surface area contributed by atoms with Crippen molar-refractivity contribution in [2.45, 2.75) is 25.3 Å². The van der Waals surface area contributed by atoms with Crippen LogP contribution >= 0.6 is 0 Å². The third-order valence-electron chi connectivity index (χ3n) is 6.77. The molecule has 0 bridgehead atoms. The number of benzene rings is 4. The molecule has 1 saturated heterocycles. The van der Waals surface area contributed by atoms with E-state index in [9.17, 15) is 4.79 Å². The zero-order valence-electron chi connectivity index (χ0n) is 19.5. The van der Waals surface area contributed by atoms with E-state index in [1.165, 1.54) is 0 Å². The molecule has 0 N–H and O–H groups in total. The van der Waals surface area contributed by atoms with Gasteiger partial charge in [0.05, 0.1) is 23.3 Å². The smallest absolute Gasteiger partial charge is 0.227 e. The van der Waals surface area contributed by atoms with Gasteiger partial charge in [-0.1, -0.05) is 66.7 Å². The fourth-order valence-corrected chi connectivity index (χ4v) is 5.13. The molecule has 1 unspecified atom stereocenters. The number of para-hydroxylation sites is 3. The standard InChI is InChI=1S/C30H27N3O2/c34-29-20-23(21-33(29)27-17-8-11-22-10-4-5-14-25(22)27)30-31-26-15-6-7-16-28(26)32(30)18-9-19-35-24-12-2-1-3-13-24/h1-8,10-17,23H,9,18-21H2. The van der Waals surface area contributed by atoms with Gasteiger partial charge in [-0.3, -0.25) is 4.79 Å². The highest BCUT2D eigenvalue weighted by Gasteiger charge is 2.35. The number of amides is 1. The predicted molar refractivity (Wildman–Crippen MR) is 140 cm³/mol. The van der Waals surface area contributed by atoms with Gasteiger partial charge < -0.3 is 14.2 Å². The first-order valence-corrected chi connectivity index (χ1v) is 12.2. The van der Waals surface area contributed by atoms with Crippen molar-refractivity contribution < 1.29 is 9.53 Å². The van der Waals surface area contributed by atoms with Gasteiger partial charge in [-0.2, -0.15) is 0 Å². The lowest BCUT2D eigenvalue weighted by molar-refractivity contribution is -0.117. The summed E-state index contributed by atoms with van der Waals surface area (Å²) in [6, 6.07) is 32.5. The number of ether oxygens (including phenoxy) is 1. The molecule has 5 heteroatoms. The van der Waals surface area contributed by atoms with E-state index < -0.39 is 0 Å². The lowest BCUT2D eigenvalue weighted by Crippen LogP contribution is -2.24. The topological polar surface area (TPSA) is 47.4 Å². The molecule has 4 aromatic carbocycles. The van der Waals surface area contributed by atoms with Gasteiger partial charge in [0.1, 0.15) is 11.6 Å². The quantitative estimate of drug-likeness (QED) is 0.272. The fourth-order valence-electron chi connectivity index (χ4n) is 5.13. The number of hydrogen-bond donors (Lipinski definition) is 0. The van der Waals surface area contributed by atoms with E-state index in [0.29, 0.717) is 19.6 Å². The minimum absolute atomic E-state index is 0.0453. The lowest BCUT2D eigenvalue weighted by atomic mass is 10.1. The molecule has 1 aliphatic heterocycles. The van der Waals surface area contributed by atoms with Crippen LogP contribution in [0, 0.1) is 0 Å². The van der Waals surface area contributed by atoms with Crippen molar-refractivity contribution in [2.24, 2.45) is 0 Å². The SMILES string of the molecule is O=C1CC(c2nc3ccccc3n2CCCOc2ccccc2)CN1c1cccc2ccccc12. The number of rotatable bonds is 7. The van der Waals surface area contributed by atoms with Crippen LogP contribution in [0.5, 0.6) is 5.75 Å². The summed E-state index contributed by atoms with van der Waals surface area (Å²) >= 11 is 0. The van der Waals surface area contributed by atoms with Crippen molar-refractivity contribution in [3.63, 3.8) is 0 Å². The van der Waals surface area contributed by atoms with Crippen LogP contribution in [0.1, 0.15) is 24.6 Å². The third-order valence-corrected chi connectivity index (χ3v) is 6.77. The van der Waals surface area contributed by atoms with E-state index in [1.54, 1.807) is 0 Å². The maximum atomic E-state index is 13.2. The van der Waals surface area contributed by atoms with E-state index in [2.05, 4.69) is 34.9 Å². The Labute approximate surface area is 204 Å². The molecule has 0 spiro atoms. The Morgan fingerprint density at radius 1 is 0.857 bits per heavy atom. The maximum absolute atomic E-state index is 13.2. The minimum Gasteiger partial charge on any atom is -0.494 e. The van der Waals surface area contributed by atoms with Crippen molar-refractivity contribution in [1.29, 1.82) is 0 Å². The highest BCUT2D eigenvalue weighted by molar-refractivity contribution is 6.05. The fraction of sp³-hybridized carbons (Fsp3) is 0.200. The zero-order valence-corrected chi connectivity index (χ0v) is 19.5. The Morgan fingerprint density at radius 2 is 1.63 bits per heavy atom. The lowest BCUT2D eigenvalue weighted by Gasteiger charge is -2.19. The van der Waals surface area contributed by atoms with Crippen molar-refractivity contribution in [1.82, 2.24) is 9.55 Å². The first-order chi connectivity index (χ1) is 17.3. The number of hydrogen-bond acceptors (Lipinski definition) is 3. The Kier molecular flexibility index (Phi) is 5.67. The van der Waals surface area contributed by atoms with E-state index in [-0.39, 0.29) is 11.8 Å². The van der Waals surface area contributed by atoms with Gasteiger partial charge in [-0.15, -0.1) is 0 Å². The second-order valence-electron chi connectivity index (χ2n) is 9.03. The van der Waals surface area contributed by atoms with Crippen LogP contribution in [0.2, 0.25) is 0 Å². The molecule has 1 amide bonds. The summed E-state index contributed by atoms with van der Waals surface area (Å²) in [5, 5.41) is 2.25. The van der Waals surface area contributed by atoms with Gasteiger partial charge in [0.2, 0.25) is 5.91 Å². The molecule has 1 atom stereocenters. The molecule has 6 rings (SSSR count). The Bertz CT molecular complexity index is 1490. The first-order valence-electron chi connectivity index (χ1n) is 12.2. The average molecular weight is 462 g/mol. The molecular weight excluding hydrogens is 434 g/mol. The van der Waals surface area contributed by atoms with Gasteiger partial charge in [-0.05, 0) is 42.1 Å². The maximum Gasteiger partial charge on any atom is 0.227 e. The van der Waals surface area contributed by atoms with Crippen LogP contribution in [0.3, 0.4) is 0 Å². The monoisotopic (exact) mass is 461 g/mol. The molecule has 2 heterocycles. The van der Waals surface area contributed by atoms with Gasteiger partial charge >= 0.3 is 0 Å². The van der Waals surface area contributed by atoms with E-state index in [0.717, 1.165) is 52.0 Å². The summed E-state index contributed by atoms with van der Waals surface area (Å²) < 4.78 is 8.20. The number of aryl methyl sites for hydroxylation is 1. The molecule has 35 heavy (non-hydrogen) atoms.